The summed E-state index contributed by atoms with van der Waals surface area (Å²) in [6, 6.07) is 10.6. The SMILES string of the molecule is Cc1ccc(S(=O)(=O)N2CCCC2c2ccc[nH]c2=S)cc1. The van der Waals surface area contributed by atoms with E-state index in [0.29, 0.717) is 16.1 Å². The molecule has 0 spiro atoms. The summed E-state index contributed by atoms with van der Waals surface area (Å²) in [5, 5.41) is 0. The van der Waals surface area contributed by atoms with E-state index in [1.807, 2.05) is 31.2 Å². The topological polar surface area (TPSA) is 53.2 Å². The van der Waals surface area contributed by atoms with E-state index < -0.39 is 10.0 Å². The third-order valence-corrected chi connectivity index (χ3v) is 6.31. The zero-order chi connectivity index (χ0) is 15.7. The molecule has 1 saturated heterocycles. The molecule has 3 rings (SSSR count). The van der Waals surface area contributed by atoms with E-state index in [0.717, 1.165) is 24.0 Å². The van der Waals surface area contributed by atoms with Gasteiger partial charge in [-0.1, -0.05) is 36.0 Å². The fourth-order valence-electron chi connectivity index (χ4n) is 2.88. The fourth-order valence-corrected chi connectivity index (χ4v) is 4.83. The molecule has 1 aliphatic heterocycles. The third-order valence-electron chi connectivity index (χ3n) is 4.04. The Kier molecular flexibility index (Phi) is 4.16. The second kappa shape index (κ2) is 5.95. The highest BCUT2D eigenvalue weighted by atomic mass is 32.2. The van der Waals surface area contributed by atoms with Crippen LogP contribution in [0.5, 0.6) is 0 Å². The number of aromatic amines is 1. The molecule has 116 valence electrons. The summed E-state index contributed by atoms with van der Waals surface area (Å²) in [7, 11) is -3.50. The van der Waals surface area contributed by atoms with Gasteiger partial charge in [0.25, 0.3) is 0 Å². The number of nitrogens with zero attached hydrogens (tertiary/aromatic N) is 1. The summed E-state index contributed by atoms with van der Waals surface area (Å²) in [6.07, 6.45) is 3.41. The van der Waals surface area contributed by atoms with Gasteiger partial charge in [0, 0.05) is 18.3 Å². The molecule has 4 nitrogen and oxygen atoms in total. The van der Waals surface area contributed by atoms with Crippen LogP contribution in [0.15, 0.2) is 47.5 Å². The minimum absolute atomic E-state index is 0.184. The summed E-state index contributed by atoms with van der Waals surface area (Å²) >= 11 is 5.32. The second-order valence-electron chi connectivity index (χ2n) is 5.54. The van der Waals surface area contributed by atoms with Gasteiger partial charge >= 0.3 is 0 Å². The van der Waals surface area contributed by atoms with Crippen LogP contribution in [0.25, 0.3) is 0 Å². The van der Waals surface area contributed by atoms with Crippen molar-refractivity contribution in [1.82, 2.24) is 9.29 Å². The fraction of sp³-hybridized carbons (Fsp3) is 0.312. The van der Waals surface area contributed by atoms with Crippen LogP contribution in [0.3, 0.4) is 0 Å². The molecule has 1 N–H and O–H groups in total. The van der Waals surface area contributed by atoms with E-state index in [2.05, 4.69) is 4.98 Å². The lowest BCUT2D eigenvalue weighted by Gasteiger charge is -2.24. The van der Waals surface area contributed by atoms with E-state index in [1.54, 1.807) is 22.6 Å². The van der Waals surface area contributed by atoms with E-state index in [4.69, 9.17) is 12.2 Å². The van der Waals surface area contributed by atoms with Crippen LogP contribution in [-0.2, 0) is 10.0 Å². The maximum Gasteiger partial charge on any atom is 0.243 e. The molecule has 2 heterocycles. The first-order valence-electron chi connectivity index (χ1n) is 7.26. The Balaban J connectivity index is 2.01. The lowest BCUT2D eigenvalue weighted by Crippen LogP contribution is -2.30. The molecule has 1 atom stereocenters. The van der Waals surface area contributed by atoms with Gasteiger partial charge < -0.3 is 4.98 Å². The largest absolute Gasteiger partial charge is 0.353 e. The molecule has 1 unspecified atom stereocenters. The highest BCUT2D eigenvalue weighted by Gasteiger charge is 2.36. The van der Waals surface area contributed by atoms with Gasteiger partial charge in [-0.25, -0.2) is 8.42 Å². The zero-order valence-electron chi connectivity index (χ0n) is 12.3. The average molecular weight is 334 g/mol. The first-order chi connectivity index (χ1) is 10.5. The van der Waals surface area contributed by atoms with E-state index in [1.165, 1.54) is 0 Å². The van der Waals surface area contributed by atoms with Crippen molar-refractivity contribution in [2.24, 2.45) is 0 Å². The number of H-pyrrole nitrogens is 1. The van der Waals surface area contributed by atoms with Gasteiger partial charge in [-0.2, -0.15) is 4.31 Å². The average Bonchev–Trinajstić information content (AvgIpc) is 2.98. The Morgan fingerprint density at radius 3 is 2.64 bits per heavy atom. The van der Waals surface area contributed by atoms with Gasteiger partial charge in [-0.3, -0.25) is 0 Å². The van der Waals surface area contributed by atoms with Crippen molar-refractivity contribution in [2.75, 3.05) is 6.54 Å². The van der Waals surface area contributed by atoms with Gasteiger partial charge in [-0.05, 0) is 38.0 Å². The van der Waals surface area contributed by atoms with Crippen LogP contribution in [0.2, 0.25) is 0 Å². The molecule has 2 aromatic rings. The molecule has 6 heteroatoms. The van der Waals surface area contributed by atoms with Crippen LogP contribution in [-0.4, -0.2) is 24.3 Å². The third kappa shape index (κ3) is 2.74. The number of hydrogen-bond acceptors (Lipinski definition) is 3. The number of hydrogen-bond donors (Lipinski definition) is 1. The maximum absolute atomic E-state index is 12.9. The standard InChI is InChI=1S/C16H18N2O2S2/c1-12-6-8-13(9-7-12)22(19,20)18-11-3-5-15(18)14-4-2-10-17-16(14)21/h2,4,6-10,15H,3,5,11H2,1H3,(H,17,21). The van der Waals surface area contributed by atoms with Crippen molar-refractivity contribution in [3.63, 3.8) is 0 Å². The molecule has 1 aromatic carbocycles. The lowest BCUT2D eigenvalue weighted by molar-refractivity contribution is 0.395. The number of benzene rings is 1. The minimum atomic E-state index is -3.50. The smallest absolute Gasteiger partial charge is 0.243 e. The first-order valence-corrected chi connectivity index (χ1v) is 9.11. The highest BCUT2D eigenvalue weighted by Crippen LogP contribution is 2.36. The predicted octanol–water partition coefficient (Wildman–Crippen LogP) is 3.58. The molecule has 1 fully saturated rings. The number of aromatic nitrogens is 1. The second-order valence-corrected chi connectivity index (χ2v) is 7.84. The van der Waals surface area contributed by atoms with Crippen LogP contribution in [0, 0.1) is 11.6 Å². The Hall–Kier alpha value is -1.50. The molecular weight excluding hydrogens is 316 g/mol. The zero-order valence-corrected chi connectivity index (χ0v) is 14.0. The van der Waals surface area contributed by atoms with E-state index in [-0.39, 0.29) is 6.04 Å². The molecule has 0 amide bonds. The molecule has 22 heavy (non-hydrogen) atoms. The number of rotatable bonds is 3. The lowest BCUT2D eigenvalue weighted by atomic mass is 10.1. The minimum Gasteiger partial charge on any atom is -0.353 e. The van der Waals surface area contributed by atoms with Gasteiger partial charge in [0.15, 0.2) is 0 Å². The summed E-state index contributed by atoms with van der Waals surface area (Å²) in [5.74, 6) is 0. The van der Waals surface area contributed by atoms with Gasteiger partial charge in [0.1, 0.15) is 4.64 Å². The van der Waals surface area contributed by atoms with Crippen LogP contribution >= 0.6 is 12.2 Å². The van der Waals surface area contributed by atoms with Crippen molar-refractivity contribution >= 4 is 22.2 Å². The van der Waals surface area contributed by atoms with Gasteiger partial charge in [0.2, 0.25) is 10.0 Å². The molecule has 1 aromatic heterocycles. The predicted molar refractivity (Wildman–Crippen MR) is 88.7 cm³/mol. The molecule has 0 radical (unpaired) electrons. The van der Waals surface area contributed by atoms with Gasteiger partial charge in [-0.15, -0.1) is 0 Å². The first kappa shape index (κ1) is 15.4. The summed E-state index contributed by atoms with van der Waals surface area (Å²) in [5.41, 5.74) is 1.92. The van der Waals surface area contributed by atoms with Gasteiger partial charge in [0.05, 0.1) is 10.9 Å². The van der Waals surface area contributed by atoms with Crippen molar-refractivity contribution in [1.29, 1.82) is 0 Å². The molecular formula is C16H18N2O2S2. The van der Waals surface area contributed by atoms with Crippen molar-refractivity contribution < 1.29 is 8.42 Å². The molecule has 0 aliphatic carbocycles. The van der Waals surface area contributed by atoms with Crippen LogP contribution < -0.4 is 0 Å². The normalized spacial score (nSPS) is 19.4. The maximum atomic E-state index is 12.9. The van der Waals surface area contributed by atoms with Crippen molar-refractivity contribution in [3.8, 4) is 0 Å². The summed E-state index contributed by atoms with van der Waals surface area (Å²) in [4.78, 5) is 3.33. The molecule has 1 aliphatic rings. The molecule has 0 saturated carbocycles. The summed E-state index contributed by atoms with van der Waals surface area (Å²) < 4.78 is 28.0. The quantitative estimate of drug-likeness (QED) is 0.873. The van der Waals surface area contributed by atoms with Crippen LogP contribution in [0.1, 0.15) is 30.0 Å². The number of sulfonamides is 1. The Bertz CT molecular complexity index is 826. The monoisotopic (exact) mass is 334 g/mol. The van der Waals surface area contributed by atoms with Crippen molar-refractivity contribution in [3.05, 3.63) is 58.4 Å². The number of aryl methyl sites for hydroxylation is 1. The Labute approximate surface area is 135 Å². The summed E-state index contributed by atoms with van der Waals surface area (Å²) in [6.45, 7) is 2.48. The Morgan fingerprint density at radius 1 is 1.23 bits per heavy atom. The highest BCUT2D eigenvalue weighted by molar-refractivity contribution is 7.89. The van der Waals surface area contributed by atoms with Crippen molar-refractivity contribution in [2.45, 2.75) is 30.7 Å². The van der Waals surface area contributed by atoms with Crippen LogP contribution in [0.4, 0.5) is 0 Å². The number of nitrogens with one attached hydrogen (secondary N) is 1. The Morgan fingerprint density at radius 2 is 1.95 bits per heavy atom. The number of pyridine rings is 1. The van der Waals surface area contributed by atoms with E-state index in [9.17, 15) is 8.42 Å². The molecule has 0 bridgehead atoms. The van der Waals surface area contributed by atoms with E-state index >= 15 is 0 Å².